The minimum Gasteiger partial charge on any atom is -0.380 e. The fourth-order valence-electron chi connectivity index (χ4n) is 2.08. The van der Waals surface area contributed by atoms with Crippen LogP contribution < -0.4 is 0 Å². The predicted molar refractivity (Wildman–Crippen MR) is 65.4 cm³/mol. The molecule has 1 fully saturated rings. The molecular weight excluding hydrogens is 202 g/mol. The first-order valence-electron chi connectivity index (χ1n) is 6.18. The Labute approximate surface area is 99.1 Å². The van der Waals surface area contributed by atoms with Gasteiger partial charge >= 0.3 is 0 Å². The van der Waals surface area contributed by atoms with Crippen molar-refractivity contribution in [1.29, 1.82) is 0 Å². The van der Waals surface area contributed by atoms with Gasteiger partial charge in [0.2, 0.25) is 0 Å². The van der Waals surface area contributed by atoms with Gasteiger partial charge < -0.3 is 14.4 Å². The topological polar surface area (TPSA) is 21.7 Å². The van der Waals surface area contributed by atoms with Gasteiger partial charge in [0, 0.05) is 45.7 Å². The van der Waals surface area contributed by atoms with Gasteiger partial charge in [-0.25, -0.2) is 0 Å². The van der Waals surface area contributed by atoms with E-state index in [9.17, 15) is 0 Å². The molecule has 0 amide bonds. The van der Waals surface area contributed by atoms with E-state index in [-0.39, 0.29) is 5.60 Å². The summed E-state index contributed by atoms with van der Waals surface area (Å²) in [5.41, 5.74) is -0.309. The largest absolute Gasteiger partial charge is 0.380 e. The van der Waals surface area contributed by atoms with Crippen molar-refractivity contribution in [3.05, 3.63) is 0 Å². The highest BCUT2D eigenvalue weighted by Gasteiger charge is 2.32. The average molecular weight is 225 g/mol. The molecule has 0 aliphatic carbocycles. The monoisotopic (exact) mass is 225 g/mol. The van der Waals surface area contributed by atoms with E-state index in [0.29, 0.717) is 6.61 Å². The standard InChI is InChI=1S/C13H23NO2/c1-4-13(16-6-3)7-9-14(10-8-13)11-12-15-5-2/h1H,5-12H2,2-3H3. The number of piperidine rings is 1. The van der Waals surface area contributed by atoms with Crippen LogP contribution >= 0.6 is 0 Å². The van der Waals surface area contributed by atoms with E-state index in [1.165, 1.54) is 0 Å². The summed E-state index contributed by atoms with van der Waals surface area (Å²) in [6.45, 7) is 9.35. The van der Waals surface area contributed by atoms with E-state index in [1.807, 2.05) is 13.8 Å². The molecule has 0 saturated carbocycles. The van der Waals surface area contributed by atoms with Gasteiger partial charge in [-0.05, 0) is 13.8 Å². The first-order valence-corrected chi connectivity index (χ1v) is 6.18. The van der Waals surface area contributed by atoms with Crippen molar-refractivity contribution in [2.45, 2.75) is 32.3 Å². The fraction of sp³-hybridized carbons (Fsp3) is 0.846. The fourth-order valence-corrected chi connectivity index (χ4v) is 2.08. The zero-order chi connectivity index (χ0) is 11.9. The summed E-state index contributed by atoms with van der Waals surface area (Å²) in [5.74, 6) is 2.83. The molecule has 1 saturated heterocycles. The Morgan fingerprint density at radius 1 is 1.25 bits per heavy atom. The molecule has 0 N–H and O–H groups in total. The smallest absolute Gasteiger partial charge is 0.130 e. The molecule has 0 unspecified atom stereocenters. The Kier molecular flexibility index (Phi) is 5.83. The molecule has 92 valence electrons. The average Bonchev–Trinajstić information content (AvgIpc) is 2.32. The van der Waals surface area contributed by atoms with Crippen LogP contribution in [0.3, 0.4) is 0 Å². The second-order valence-corrected chi connectivity index (χ2v) is 4.11. The van der Waals surface area contributed by atoms with Gasteiger partial charge in [0.05, 0.1) is 6.61 Å². The van der Waals surface area contributed by atoms with E-state index < -0.39 is 0 Å². The van der Waals surface area contributed by atoms with Gasteiger partial charge in [-0.15, -0.1) is 6.42 Å². The predicted octanol–water partition coefficient (Wildman–Crippen LogP) is 1.53. The maximum absolute atomic E-state index is 5.70. The SMILES string of the molecule is C#CC1(OCC)CCN(CCOCC)CC1. The normalized spacial score (nSPS) is 20.6. The molecule has 0 radical (unpaired) electrons. The molecule has 0 atom stereocenters. The maximum atomic E-state index is 5.70. The van der Waals surface area contributed by atoms with Gasteiger partial charge in [-0.3, -0.25) is 0 Å². The number of ether oxygens (including phenoxy) is 2. The molecule has 0 aromatic carbocycles. The molecule has 0 aromatic rings. The lowest BCUT2D eigenvalue weighted by molar-refractivity contribution is -0.0403. The molecule has 1 heterocycles. The van der Waals surface area contributed by atoms with E-state index in [1.54, 1.807) is 0 Å². The van der Waals surface area contributed by atoms with Gasteiger partial charge in [0.15, 0.2) is 0 Å². The Hall–Kier alpha value is -0.560. The van der Waals surface area contributed by atoms with Crippen LogP contribution in [0.2, 0.25) is 0 Å². The summed E-state index contributed by atoms with van der Waals surface area (Å²) in [5, 5.41) is 0. The minimum atomic E-state index is -0.309. The number of likely N-dealkylation sites (tertiary alicyclic amines) is 1. The summed E-state index contributed by atoms with van der Waals surface area (Å²) in [6, 6.07) is 0. The lowest BCUT2D eigenvalue weighted by atomic mass is 9.92. The highest BCUT2D eigenvalue weighted by Crippen LogP contribution is 2.25. The molecule has 0 aromatic heterocycles. The van der Waals surface area contributed by atoms with Crippen molar-refractivity contribution in [1.82, 2.24) is 4.90 Å². The zero-order valence-electron chi connectivity index (χ0n) is 10.5. The number of rotatable bonds is 6. The van der Waals surface area contributed by atoms with E-state index in [2.05, 4.69) is 10.8 Å². The van der Waals surface area contributed by atoms with Crippen molar-refractivity contribution in [2.75, 3.05) is 39.5 Å². The van der Waals surface area contributed by atoms with Gasteiger partial charge in [-0.2, -0.15) is 0 Å². The summed E-state index contributed by atoms with van der Waals surface area (Å²) in [6.07, 6.45) is 7.44. The van der Waals surface area contributed by atoms with Crippen LogP contribution in [0.4, 0.5) is 0 Å². The Bertz CT molecular complexity index is 227. The minimum absolute atomic E-state index is 0.309. The van der Waals surface area contributed by atoms with Crippen LogP contribution in [0.5, 0.6) is 0 Å². The van der Waals surface area contributed by atoms with Gasteiger partial charge in [0.25, 0.3) is 0 Å². The molecule has 3 heteroatoms. The van der Waals surface area contributed by atoms with Crippen molar-refractivity contribution in [2.24, 2.45) is 0 Å². The van der Waals surface area contributed by atoms with E-state index in [0.717, 1.165) is 45.7 Å². The first kappa shape index (κ1) is 13.5. The first-order chi connectivity index (χ1) is 7.76. The number of hydrogen-bond donors (Lipinski definition) is 0. The molecule has 16 heavy (non-hydrogen) atoms. The Morgan fingerprint density at radius 2 is 1.94 bits per heavy atom. The van der Waals surface area contributed by atoms with Crippen molar-refractivity contribution in [3.8, 4) is 12.3 Å². The molecule has 0 bridgehead atoms. The van der Waals surface area contributed by atoms with Crippen LogP contribution in [0.15, 0.2) is 0 Å². The van der Waals surface area contributed by atoms with Crippen molar-refractivity contribution < 1.29 is 9.47 Å². The summed E-state index contributed by atoms with van der Waals surface area (Å²) >= 11 is 0. The third kappa shape index (κ3) is 3.79. The van der Waals surface area contributed by atoms with Crippen LogP contribution in [0, 0.1) is 12.3 Å². The van der Waals surface area contributed by atoms with Crippen LogP contribution in [0.25, 0.3) is 0 Å². The lowest BCUT2D eigenvalue weighted by Gasteiger charge is -2.38. The van der Waals surface area contributed by atoms with Gasteiger partial charge in [0.1, 0.15) is 5.60 Å². The lowest BCUT2D eigenvalue weighted by Crippen LogP contribution is -2.46. The van der Waals surface area contributed by atoms with Crippen molar-refractivity contribution in [3.63, 3.8) is 0 Å². The van der Waals surface area contributed by atoms with Gasteiger partial charge in [-0.1, -0.05) is 5.92 Å². The number of nitrogens with zero attached hydrogens (tertiary/aromatic N) is 1. The quantitative estimate of drug-likeness (QED) is 0.505. The highest BCUT2D eigenvalue weighted by molar-refractivity contribution is 5.10. The molecule has 3 nitrogen and oxygen atoms in total. The molecule has 1 aliphatic rings. The summed E-state index contributed by atoms with van der Waals surface area (Å²) in [4.78, 5) is 2.39. The third-order valence-corrected chi connectivity index (χ3v) is 3.10. The Morgan fingerprint density at radius 3 is 2.44 bits per heavy atom. The molecule has 1 rings (SSSR count). The highest BCUT2D eigenvalue weighted by atomic mass is 16.5. The summed E-state index contributed by atoms with van der Waals surface area (Å²) in [7, 11) is 0. The second-order valence-electron chi connectivity index (χ2n) is 4.11. The second kappa shape index (κ2) is 6.90. The molecule has 0 spiro atoms. The van der Waals surface area contributed by atoms with Crippen LogP contribution in [-0.4, -0.2) is 50.0 Å². The number of terminal acetylenes is 1. The van der Waals surface area contributed by atoms with E-state index in [4.69, 9.17) is 15.9 Å². The molecule has 1 aliphatic heterocycles. The third-order valence-electron chi connectivity index (χ3n) is 3.10. The zero-order valence-corrected chi connectivity index (χ0v) is 10.5. The van der Waals surface area contributed by atoms with E-state index >= 15 is 0 Å². The summed E-state index contributed by atoms with van der Waals surface area (Å²) < 4.78 is 11.0. The molecular formula is C13H23NO2. The van der Waals surface area contributed by atoms with Crippen LogP contribution in [0.1, 0.15) is 26.7 Å². The van der Waals surface area contributed by atoms with Crippen molar-refractivity contribution >= 4 is 0 Å². The Balaban J connectivity index is 2.29. The number of hydrogen-bond acceptors (Lipinski definition) is 3. The van der Waals surface area contributed by atoms with Crippen LogP contribution in [-0.2, 0) is 9.47 Å². The maximum Gasteiger partial charge on any atom is 0.130 e.